The van der Waals surface area contributed by atoms with E-state index >= 15 is 0 Å². The molecule has 0 bridgehead atoms. The lowest BCUT2D eigenvalue weighted by atomic mass is 9.98. The zero-order valence-corrected chi connectivity index (χ0v) is 42.1. The normalized spacial score (nSPS) is 19.2. The minimum Gasteiger partial charge on any atom is -0.479 e. The Bertz CT molecular complexity index is 1360. The average Bonchev–Trinajstić information content (AvgIpc) is 3.31. The molecule has 1 rings (SSSR count). The van der Waals surface area contributed by atoms with Gasteiger partial charge in [-0.2, -0.15) is 0 Å². The second kappa shape index (κ2) is 43.9. The molecule has 3 N–H and O–H groups in total. The van der Waals surface area contributed by atoms with Gasteiger partial charge < -0.3 is 39.0 Å². The molecular formula is C55H94O12. The van der Waals surface area contributed by atoms with Crippen LogP contribution in [-0.2, 0) is 42.9 Å². The highest BCUT2D eigenvalue weighted by Crippen LogP contribution is 2.26. The van der Waals surface area contributed by atoms with Gasteiger partial charge in [0.05, 0.1) is 6.61 Å². The molecule has 1 aliphatic rings. The van der Waals surface area contributed by atoms with E-state index in [1.54, 1.807) is 0 Å². The first-order chi connectivity index (χ1) is 32.6. The molecule has 0 spiro atoms. The molecule has 1 saturated heterocycles. The van der Waals surface area contributed by atoms with Crippen molar-refractivity contribution < 1.29 is 58.2 Å². The van der Waals surface area contributed by atoms with Gasteiger partial charge in [0.2, 0.25) is 0 Å². The molecule has 6 unspecified atom stereocenters. The van der Waals surface area contributed by atoms with E-state index < -0.39 is 67.3 Å². The summed E-state index contributed by atoms with van der Waals surface area (Å²) in [4.78, 5) is 50.8. The first kappa shape index (κ1) is 61.7. The van der Waals surface area contributed by atoms with E-state index in [0.717, 1.165) is 70.6 Å². The topological polar surface area (TPSA) is 175 Å². The van der Waals surface area contributed by atoms with Crippen LogP contribution in [0.5, 0.6) is 0 Å². The van der Waals surface area contributed by atoms with E-state index in [1.807, 2.05) is 0 Å². The second-order valence-corrected chi connectivity index (χ2v) is 18.1. The summed E-state index contributed by atoms with van der Waals surface area (Å²) in [5.41, 5.74) is 0. The predicted molar refractivity (Wildman–Crippen MR) is 266 cm³/mol. The maximum absolute atomic E-state index is 13.0. The lowest BCUT2D eigenvalue weighted by Gasteiger charge is -2.40. The van der Waals surface area contributed by atoms with Crippen LogP contribution in [0, 0.1) is 0 Å². The van der Waals surface area contributed by atoms with Crippen LogP contribution in [0.4, 0.5) is 0 Å². The van der Waals surface area contributed by atoms with E-state index in [4.69, 9.17) is 23.7 Å². The van der Waals surface area contributed by atoms with Crippen LogP contribution in [0.25, 0.3) is 0 Å². The fourth-order valence-corrected chi connectivity index (χ4v) is 7.83. The summed E-state index contributed by atoms with van der Waals surface area (Å²) < 4.78 is 28.2. The maximum Gasteiger partial charge on any atom is 0.335 e. The number of carbonyl (C=O) groups is 4. The zero-order chi connectivity index (χ0) is 49.0. The molecular weight excluding hydrogens is 853 g/mol. The third kappa shape index (κ3) is 34.6. The van der Waals surface area contributed by atoms with Gasteiger partial charge in [-0.3, -0.25) is 14.4 Å². The van der Waals surface area contributed by atoms with E-state index in [9.17, 15) is 34.5 Å². The molecule has 0 aliphatic carbocycles. The van der Waals surface area contributed by atoms with Crippen LogP contribution in [0.3, 0.4) is 0 Å². The molecule has 0 amide bonds. The summed E-state index contributed by atoms with van der Waals surface area (Å²) in [6.07, 6.45) is 38.2. The Hall–Kier alpha value is -3.32. The SMILES string of the molecule is CC/C=C\C/C=C\C/C=C\C/C=C\CCCCC(=O)OC1C(OCC(COC(=O)CCCCCCCCCCCCC)OC(=O)CCCCCCCCCCCCC)OC(C(=O)O)C(O)C1O. The summed E-state index contributed by atoms with van der Waals surface area (Å²) in [6, 6.07) is 0. The quantitative estimate of drug-likeness (QED) is 0.0228. The Labute approximate surface area is 405 Å². The van der Waals surface area contributed by atoms with Crippen LogP contribution < -0.4 is 0 Å². The Morgan fingerprint density at radius 2 is 0.940 bits per heavy atom. The summed E-state index contributed by atoms with van der Waals surface area (Å²) in [7, 11) is 0. The zero-order valence-electron chi connectivity index (χ0n) is 42.1. The van der Waals surface area contributed by atoms with Crippen molar-refractivity contribution in [2.75, 3.05) is 13.2 Å². The Kier molecular flexibility index (Phi) is 40.4. The highest BCUT2D eigenvalue weighted by molar-refractivity contribution is 5.74. The molecule has 12 nitrogen and oxygen atoms in total. The fraction of sp³-hybridized carbons (Fsp3) is 0.782. The Balaban J connectivity index is 2.75. The maximum atomic E-state index is 13.0. The van der Waals surface area contributed by atoms with Crippen molar-refractivity contribution >= 4 is 23.9 Å². The molecule has 0 aromatic heterocycles. The highest BCUT2D eigenvalue weighted by atomic mass is 16.7. The number of carboxylic acid groups (broad SMARTS) is 1. The van der Waals surface area contributed by atoms with Gasteiger partial charge in [0, 0.05) is 19.3 Å². The van der Waals surface area contributed by atoms with Crippen LogP contribution >= 0.6 is 0 Å². The number of unbranched alkanes of at least 4 members (excludes halogenated alkanes) is 22. The molecule has 0 radical (unpaired) electrons. The number of hydrogen-bond acceptors (Lipinski definition) is 11. The first-order valence-electron chi connectivity index (χ1n) is 26.6. The number of aliphatic hydroxyl groups is 2. The average molecular weight is 947 g/mol. The lowest BCUT2D eigenvalue weighted by Crippen LogP contribution is -2.61. The highest BCUT2D eigenvalue weighted by Gasteiger charge is 2.50. The van der Waals surface area contributed by atoms with Crippen molar-refractivity contribution in [3.63, 3.8) is 0 Å². The molecule has 1 fully saturated rings. The number of carboxylic acids is 1. The van der Waals surface area contributed by atoms with Gasteiger partial charge in [-0.05, 0) is 57.8 Å². The molecule has 67 heavy (non-hydrogen) atoms. The van der Waals surface area contributed by atoms with Crippen LogP contribution in [0.15, 0.2) is 48.6 Å². The number of carbonyl (C=O) groups excluding carboxylic acids is 3. The number of aliphatic carboxylic acids is 1. The fourth-order valence-electron chi connectivity index (χ4n) is 7.83. The molecule has 1 aliphatic heterocycles. The van der Waals surface area contributed by atoms with Crippen molar-refractivity contribution in [1.82, 2.24) is 0 Å². The number of ether oxygens (including phenoxy) is 5. The van der Waals surface area contributed by atoms with Crippen LogP contribution in [0.2, 0.25) is 0 Å². The van der Waals surface area contributed by atoms with Crippen molar-refractivity contribution in [3.8, 4) is 0 Å². The van der Waals surface area contributed by atoms with Gasteiger partial charge in [0.15, 0.2) is 24.6 Å². The molecule has 0 saturated carbocycles. The predicted octanol–water partition coefficient (Wildman–Crippen LogP) is 12.7. The minimum absolute atomic E-state index is 0.0102. The first-order valence-corrected chi connectivity index (χ1v) is 26.6. The molecule has 0 aromatic rings. The summed E-state index contributed by atoms with van der Waals surface area (Å²) in [5, 5.41) is 31.3. The number of allylic oxidation sites excluding steroid dienone is 8. The molecule has 0 aromatic carbocycles. The van der Waals surface area contributed by atoms with Crippen LogP contribution in [0.1, 0.15) is 226 Å². The molecule has 12 heteroatoms. The largest absolute Gasteiger partial charge is 0.479 e. The van der Waals surface area contributed by atoms with E-state index in [0.29, 0.717) is 25.7 Å². The van der Waals surface area contributed by atoms with Gasteiger partial charge >= 0.3 is 23.9 Å². The molecule has 6 atom stereocenters. The summed E-state index contributed by atoms with van der Waals surface area (Å²) in [5.74, 6) is -3.16. The summed E-state index contributed by atoms with van der Waals surface area (Å²) in [6.45, 7) is 5.82. The number of esters is 3. The van der Waals surface area contributed by atoms with Gasteiger partial charge in [-0.1, -0.05) is 198 Å². The Morgan fingerprint density at radius 1 is 0.507 bits per heavy atom. The van der Waals surface area contributed by atoms with E-state index in [2.05, 4.69) is 69.4 Å². The standard InChI is InChI=1S/C55H94O12/c1-4-7-10-13-16-19-22-23-24-25-28-31-34-37-40-43-49(58)66-53-51(60)50(59)52(54(61)62)67-55(53)64-45-46(65-48(57)42-39-36-33-30-27-21-18-15-12-9-6-3)44-63-47(56)41-38-35-32-29-26-20-17-14-11-8-5-2/h7,10,16,19,23-24,28,31,46,50-53,55,59-60H,4-6,8-9,11-15,17-18,20-22,25-27,29-30,32-45H2,1-3H3,(H,61,62)/b10-7-,19-16-,24-23-,31-28-. The van der Waals surface area contributed by atoms with Crippen molar-refractivity contribution in [3.05, 3.63) is 48.6 Å². The molecule has 1 heterocycles. The van der Waals surface area contributed by atoms with Gasteiger partial charge in [0.25, 0.3) is 0 Å². The smallest absolute Gasteiger partial charge is 0.335 e. The lowest BCUT2D eigenvalue weighted by molar-refractivity contribution is -0.301. The Morgan fingerprint density at radius 3 is 1.43 bits per heavy atom. The van der Waals surface area contributed by atoms with Crippen molar-refractivity contribution in [1.29, 1.82) is 0 Å². The van der Waals surface area contributed by atoms with Crippen molar-refractivity contribution in [2.24, 2.45) is 0 Å². The monoisotopic (exact) mass is 947 g/mol. The van der Waals surface area contributed by atoms with Crippen molar-refractivity contribution in [2.45, 2.75) is 263 Å². The minimum atomic E-state index is -1.91. The number of aliphatic hydroxyl groups excluding tert-OH is 2. The van der Waals surface area contributed by atoms with E-state index in [1.165, 1.54) is 89.9 Å². The van der Waals surface area contributed by atoms with E-state index in [-0.39, 0.29) is 25.9 Å². The molecule has 386 valence electrons. The third-order valence-corrected chi connectivity index (χ3v) is 11.9. The second-order valence-electron chi connectivity index (χ2n) is 18.1. The third-order valence-electron chi connectivity index (χ3n) is 11.9. The van der Waals surface area contributed by atoms with Gasteiger partial charge in [-0.25, -0.2) is 4.79 Å². The van der Waals surface area contributed by atoms with Crippen LogP contribution in [-0.4, -0.2) is 89.2 Å². The number of rotatable bonds is 44. The number of hydrogen-bond donors (Lipinski definition) is 3. The van der Waals surface area contributed by atoms with Gasteiger partial charge in [-0.15, -0.1) is 0 Å². The van der Waals surface area contributed by atoms with Gasteiger partial charge in [0.1, 0.15) is 18.8 Å². The summed E-state index contributed by atoms with van der Waals surface area (Å²) >= 11 is 0.